The number of amides is 2. The second-order valence-electron chi connectivity index (χ2n) is 7.94. The molecule has 0 aliphatic heterocycles. The predicted octanol–water partition coefficient (Wildman–Crippen LogP) is 2.93. The van der Waals surface area contributed by atoms with Crippen molar-refractivity contribution in [3.05, 3.63) is 59.9 Å². The maximum absolute atomic E-state index is 13.4. The van der Waals surface area contributed by atoms with Crippen molar-refractivity contribution >= 4 is 27.5 Å². The Balaban J connectivity index is 2.32. The molecule has 1 N–H and O–H groups in total. The van der Waals surface area contributed by atoms with Gasteiger partial charge in [0.25, 0.3) is 0 Å². The molecule has 0 saturated heterocycles. The number of hydrogen-bond donors (Lipinski definition) is 1. The highest BCUT2D eigenvalue weighted by molar-refractivity contribution is 7.92. The number of sulfonamides is 1. The summed E-state index contributed by atoms with van der Waals surface area (Å²) in [7, 11) is -2.31. The van der Waals surface area contributed by atoms with Gasteiger partial charge in [-0.1, -0.05) is 25.5 Å². The van der Waals surface area contributed by atoms with Gasteiger partial charge in [-0.3, -0.25) is 13.9 Å². The summed E-state index contributed by atoms with van der Waals surface area (Å²) in [6.45, 7) is 3.64. The van der Waals surface area contributed by atoms with Gasteiger partial charge >= 0.3 is 0 Å². The molecule has 186 valence electrons. The van der Waals surface area contributed by atoms with Crippen LogP contribution in [0.15, 0.2) is 48.5 Å². The van der Waals surface area contributed by atoms with Crippen LogP contribution in [0.5, 0.6) is 5.75 Å². The van der Waals surface area contributed by atoms with Crippen LogP contribution < -0.4 is 14.4 Å². The average Bonchev–Trinajstić information content (AvgIpc) is 2.81. The molecular weight excluding hydrogens is 461 g/mol. The van der Waals surface area contributed by atoms with E-state index >= 15 is 0 Å². The molecule has 0 spiro atoms. The number of carbonyl (C=O) groups is 2. The summed E-state index contributed by atoms with van der Waals surface area (Å²) in [6.07, 6.45) is 2.68. The molecule has 0 saturated carbocycles. The van der Waals surface area contributed by atoms with Gasteiger partial charge in [-0.2, -0.15) is 0 Å². The quantitative estimate of drug-likeness (QED) is 0.459. The minimum atomic E-state index is -3.86. The number of nitrogens with one attached hydrogen (secondary N) is 1. The van der Waals surface area contributed by atoms with E-state index in [9.17, 15) is 22.4 Å². The summed E-state index contributed by atoms with van der Waals surface area (Å²) < 4.78 is 44.3. The lowest BCUT2D eigenvalue weighted by Crippen LogP contribution is -2.51. The van der Waals surface area contributed by atoms with Gasteiger partial charge in [-0.15, -0.1) is 0 Å². The third kappa shape index (κ3) is 7.72. The van der Waals surface area contributed by atoms with Crippen LogP contribution in [-0.4, -0.2) is 57.6 Å². The molecule has 0 bridgehead atoms. The number of hydrogen-bond acceptors (Lipinski definition) is 5. The van der Waals surface area contributed by atoms with Crippen LogP contribution >= 0.6 is 0 Å². The highest BCUT2D eigenvalue weighted by Crippen LogP contribution is 2.20. The van der Waals surface area contributed by atoms with E-state index in [1.165, 1.54) is 17.0 Å². The topological polar surface area (TPSA) is 96.0 Å². The van der Waals surface area contributed by atoms with E-state index in [1.54, 1.807) is 38.3 Å². The molecule has 8 nitrogen and oxygen atoms in total. The first-order valence-corrected chi connectivity index (χ1v) is 12.8. The maximum atomic E-state index is 13.4. The fraction of sp³-hybridized carbons (Fsp3) is 0.417. The summed E-state index contributed by atoms with van der Waals surface area (Å²) >= 11 is 0. The molecular formula is C24H32FN3O5S. The Kier molecular flexibility index (Phi) is 9.85. The third-order valence-corrected chi connectivity index (χ3v) is 6.44. The first-order chi connectivity index (χ1) is 16.1. The van der Waals surface area contributed by atoms with Crippen LogP contribution in [0.2, 0.25) is 0 Å². The Labute approximate surface area is 200 Å². The predicted molar refractivity (Wildman–Crippen MR) is 130 cm³/mol. The first-order valence-electron chi connectivity index (χ1n) is 11.0. The minimum Gasteiger partial charge on any atom is -0.497 e. The number of rotatable bonds is 12. The maximum Gasteiger partial charge on any atom is 0.244 e. The fourth-order valence-electron chi connectivity index (χ4n) is 3.27. The van der Waals surface area contributed by atoms with E-state index in [0.29, 0.717) is 12.3 Å². The van der Waals surface area contributed by atoms with Crippen molar-refractivity contribution in [3.63, 3.8) is 0 Å². The monoisotopic (exact) mass is 493 g/mol. The Morgan fingerprint density at radius 1 is 1.09 bits per heavy atom. The number of halogens is 1. The van der Waals surface area contributed by atoms with Gasteiger partial charge < -0.3 is 15.0 Å². The van der Waals surface area contributed by atoms with Crippen LogP contribution in [0, 0.1) is 5.82 Å². The third-order valence-electron chi connectivity index (χ3n) is 5.30. The average molecular weight is 494 g/mol. The molecule has 2 aromatic carbocycles. The highest BCUT2D eigenvalue weighted by Gasteiger charge is 2.30. The van der Waals surface area contributed by atoms with Crippen molar-refractivity contribution in [2.24, 2.45) is 0 Å². The minimum absolute atomic E-state index is 0.0895. The lowest BCUT2D eigenvalue weighted by molar-refractivity contribution is -0.139. The van der Waals surface area contributed by atoms with E-state index in [1.807, 2.05) is 6.92 Å². The Bertz CT molecular complexity index is 1060. The molecule has 2 rings (SSSR count). The summed E-state index contributed by atoms with van der Waals surface area (Å²) in [5.74, 6) is -0.778. The highest BCUT2D eigenvalue weighted by atomic mass is 32.2. The van der Waals surface area contributed by atoms with Crippen LogP contribution in [0.1, 0.15) is 32.3 Å². The molecule has 10 heteroatoms. The number of methoxy groups -OCH3 is 1. The van der Waals surface area contributed by atoms with Crippen molar-refractivity contribution in [2.75, 3.05) is 30.8 Å². The molecule has 0 aliphatic carbocycles. The summed E-state index contributed by atoms with van der Waals surface area (Å²) in [5.41, 5.74) is 0.900. The number of ether oxygens (including phenoxy) is 1. The zero-order chi connectivity index (χ0) is 25.3. The second-order valence-corrected chi connectivity index (χ2v) is 9.84. The lowest BCUT2D eigenvalue weighted by Gasteiger charge is -2.31. The lowest BCUT2D eigenvalue weighted by atomic mass is 10.1. The summed E-state index contributed by atoms with van der Waals surface area (Å²) in [5, 5.41) is 2.82. The van der Waals surface area contributed by atoms with E-state index < -0.39 is 34.3 Å². The van der Waals surface area contributed by atoms with Crippen LogP contribution in [0.3, 0.4) is 0 Å². The van der Waals surface area contributed by atoms with Gasteiger partial charge in [0.15, 0.2) is 0 Å². The van der Waals surface area contributed by atoms with Crippen LogP contribution in [-0.2, 0) is 26.2 Å². The molecule has 0 aliphatic rings. The van der Waals surface area contributed by atoms with E-state index in [-0.39, 0.29) is 18.1 Å². The second kappa shape index (κ2) is 12.4. The normalized spacial score (nSPS) is 12.0. The number of anilines is 1. The molecule has 1 unspecified atom stereocenters. The van der Waals surface area contributed by atoms with Gasteiger partial charge in [-0.25, -0.2) is 12.8 Å². The van der Waals surface area contributed by atoms with Gasteiger partial charge in [-0.05, 0) is 55.3 Å². The van der Waals surface area contributed by atoms with E-state index in [4.69, 9.17) is 4.74 Å². The van der Waals surface area contributed by atoms with Crippen LogP contribution in [0.4, 0.5) is 10.1 Å². The van der Waals surface area contributed by atoms with E-state index in [0.717, 1.165) is 41.1 Å². The van der Waals surface area contributed by atoms with Crippen molar-refractivity contribution < 1.29 is 27.1 Å². The van der Waals surface area contributed by atoms with Gasteiger partial charge in [0, 0.05) is 13.1 Å². The number of nitrogens with zero attached hydrogens (tertiary/aromatic N) is 2. The Morgan fingerprint density at radius 3 is 2.24 bits per heavy atom. The van der Waals surface area contributed by atoms with Gasteiger partial charge in [0.2, 0.25) is 21.8 Å². The number of unbranched alkanes of at least 4 members (excludes halogenated alkanes) is 1. The molecule has 0 heterocycles. The van der Waals surface area contributed by atoms with E-state index in [2.05, 4.69) is 5.32 Å². The molecule has 1 atom stereocenters. The zero-order valence-electron chi connectivity index (χ0n) is 20.0. The standard InChI is InChI=1S/C24H32FN3O5S/c1-5-6-15-26-24(30)18(2)27(16-19-7-13-22(33-3)14-8-19)23(29)17-28(34(4,31)32)21-11-9-20(25)10-12-21/h7-14,18H,5-6,15-17H2,1-4H3,(H,26,30). The van der Waals surface area contributed by atoms with Gasteiger partial charge in [0.1, 0.15) is 24.2 Å². The zero-order valence-corrected chi connectivity index (χ0v) is 20.8. The Hall–Kier alpha value is -3.14. The summed E-state index contributed by atoms with van der Waals surface area (Å²) in [4.78, 5) is 27.5. The number of carbonyl (C=O) groups excluding carboxylic acids is 2. The SMILES string of the molecule is CCCCNC(=O)C(C)N(Cc1ccc(OC)cc1)C(=O)CN(c1ccc(F)cc1)S(C)(=O)=O. The first kappa shape index (κ1) is 27.1. The van der Waals surface area contributed by atoms with Crippen molar-refractivity contribution in [2.45, 2.75) is 39.3 Å². The smallest absolute Gasteiger partial charge is 0.244 e. The number of benzene rings is 2. The molecule has 0 fully saturated rings. The molecule has 2 amide bonds. The summed E-state index contributed by atoms with van der Waals surface area (Å²) in [6, 6.07) is 11.0. The molecule has 0 radical (unpaired) electrons. The van der Waals surface area contributed by atoms with Crippen molar-refractivity contribution in [1.29, 1.82) is 0 Å². The largest absolute Gasteiger partial charge is 0.497 e. The molecule has 34 heavy (non-hydrogen) atoms. The molecule has 2 aromatic rings. The van der Waals surface area contributed by atoms with Crippen molar-refractivity contribution in [3.8, 4) is 5.75 Å². The fourth-order valence-corrected chi connectivity index (χ4v) is 4.12. The Morgan fingerprint density at radius 2 is 1.71 bits per heavy atom. The van der Waals surface area contributed by atoms with Gasteiger partial charge in [0.05, 0.1) is 19.1 Å². The van der Waals surface area contributed by atoms with Crippen molar-refractivity contribution in [1.82, 2.24) is 10.2 Å². The van der Waals surface area contributed by atoms with Crippen LogP contribution in [0.25, 0.3) is 0 Å². The molecule has 0 aromatic heterocycles.